The van der Waals surface area contributed by atoms with Crippen molar-refractivity contribution in [3.05, 3.63) is 252 Å². The van der Waals surface area contributed by atoms with Crippen LogP contribution >= 0.6 is 0 Å². The molecule has 5 aromatic carbocycles. The summed E-state index contributed by atoms with van der Waals surface area (Å²) in [5, 5.41) is 21.4. The molecule has 0 saturated heterocycles. The van der Waals surface area contributed by atoms with Crippen molar-refractivity contribution in [2.24, 2.45) is 0 Å². The van der Waals surface area contributed by atoms with Crippen LogP contribution in [0.2, 0.25) is 0 Å². The molecular weight excluding hydrogens is 799 g/mol. The largest absolute Gasteiger partial charge is 0.871 e. The highest BCUT2D eigenvalue weighted by Gasteiger charge is 2.35. The van der Waals surface area contributed by atoms with Crippen LogP contribution in [0.5, 0.6) is 0 Å². The molecule has 0 spiro atoms. The zero-order valence-electron chi connectivity index (χ0n) is 36.2. The molecule has 324 valence electrons. The Morgan fingerprint density at radius 3 is 1.20 bits per heavy atom. The van der Waals surface area contributed by atoms with Crippen molar-refractivity contribution in [2.45, 2.75) is 32.1 Å². The van der Waals surface area contributed by atoms with Gasteiger partial charge in [-0.15, -0.1) is 0 Å². The number of rotatable bonds is 18. The van der Waals surface area contributed by atoms with E-state index in [1.165, 1.54) is 26.2 Å². The van der Waals surface area contributed by atoms with Gasteiger partial charge in [-0.2, -0.15) is 0 Å². The van der Waals surface area contributed by atoms with Gasteiger partial charge in [-0.1, -0.05) is 164 Å². The first kappa shape index (κ1) is 47.8. The quantitative estimate of drug-likeness (QED) is 0.0225. The Bertz CT molecular complexity index is 2280. The van der Waals surface area contributed by atoms with Crippen molar-refractivity contribution in [1.29, 1.82) is 0 Å². The third kappa shape index (κ3) is 14.4. The standard InChI is InChI=1S/C22H21BO3.2C16H16NO2/c24-23(25)26-18-10-17-22(19-11-4-1-5-12-19,20-13-6-2-7-14-20)21-15-8-3-9-16-21;2*1-2-19-17-13-7-6-10-15(17)16(18)12-11-14-8-4-3-5-9-14/h1-9,11-16H,10,17-18H2;2*3-13H,2H2,1H3/q-2;2*+1. The van der Waals surface area contributed by atoms with Crippen LogP contribution in [0.1, 0.15) is 75.5 Å². The van der Waals surface area contributed by atoms with Gasteiger partial charge < -0.3 is 14.7 Å². The zero-order chi connectivity index (χ0) is 45.2. The summed E-state index contributed by atoms with van der Waals surface area (Å²) in [5.41, 5.74) is 6.18. The zero-order valence-corrected chi connectivity index (χ0v) is 36.2. The van der Waals surface area contributed by atoms with E-state index in [4.69, 9.17) is 14.3 Å². The van der Waals surface area contributed by atoms with Crippen LogP contribution in [0.3, 0.4) is 0 Å². The molecule has 0 aliphatic heterocycles. The van der Waals surface area contributed by atoms with E-state index in [-0.39, 0.29) is 23.6 Å². The Labute approximate surface area is 376 Å². The Hall–Kier alpha value is -7.24. The van der Waals surface area contributed by atoms with Crippen molar-refractivity contribution in [3.8, 4) is 0 Å². The molecule has 0 N–H and O–H groups in total. The van der Waals surface area contributed by atoms with Gasteiger partial charge in [0.15, 0.2) is 13.2 Å². The molecule has 0 saturated carbocycles. The lowest BCUT2D eigenvalue weighted by Gasteiger charge is -2.37. The summed E-state index contributed by atoms with van der Waals surface area (Å²) in [4.78, 5) is 35.0. The number of allylic oxidation sites excluding steroid dienone is 2. The summed E-state index contributed by atoms with van der Waals surface area (Å²) in [6.45, 7) is 4.95. The van der Waals surface area contributed by atoms with E-state index in [1.807, 2.05) is 153 Å². The summed E-state index contributed by atoms with van der Waals surface area (Å²) in [7, 11) is -2.23. The van der Waals surface area contributed by atoms with E-state index in [0.29, 0.717) is 31.0 Å². The molecule has 0 fully saturated rings. The Morgan fingerprint density at radius 2 is 0.859 bits per heavy atom. The average molecular weight is 853 g/mol. The van der Waals surface area contributed by atoms with Crippen LogP contribution in [0.15, 0.2) is 213 Å². The van der Waals surface area contributed by atoms with Crippen LogP contribution in [0.25, 0.3) is 12.2 Å². The molecular formula is C54H53BN2O7. The number of pyridine rings is 2. The van der Waals surface area contributed by atoms with Crippen LogP contribution < -0.4 is 29.2 Å². The second kappa shape index (κ2) is 26.3. The smallest absolute Gasteiger partial charge is 0.304 e. The highest BCUT2D eigenvalue weighted by molar-refractivity contribution is 6.28. The Balaban J connectivity index is 0.000000184. The number of nitrogens with zero attached hydrogens (tertiary/aromatic N) is 2. The van der Waals surface area contributed by atoms with E-state index in [1.54, 1.807) is 48.8 Å². The molecule has 0 bridgehead atoms. The summed E-state index contributed by atoms with van der Waals surface area (Å²) >= 11 is 0. The SMILES string of the molecule is CCO[n+]1ccccc1C(=O)C=Cc1ccccc1.CCO[n+]1ccccc1C(=O)C=Cc1ccccc1.[O-]B([O-])OCCCC(c1ccccc1)(c1ccccc1)c1ccccc1. The van der Waals surface area contributed by atoms with Gasteiger partial charge in [-0.05, 0) is 78.8 Å². The van der Waals surface area contributed by atoms with E-state index in [9.17, 15) is 19.6 Å². The second-order valence-corrected chi connectivity index (χ2v) is 14.1. The number of carbonyl (C=O) groups excluding carboxylic acids is 2. The first-order valence-corrected chi connectivity index (χ1v) is 21.3. The molecule has 10 heteroatoms. The van der Waals surface area contributed by atoms with Gasteiger partial charge in [0, 0.05) is 45.7 Å². The summed E-state index contributed by atoms with van der Waals surface area (Å²) in [5.74, 6) is -0.171. The Kier molecular flexibility index (Phi) is 19.6. The topological polar surface area (TPSA) is 116 Å². The van der Waals surface area contributed by atoms with E-state index in [2.05, 4.69) is 36.4 Å². The van der Waals surface area contributed by atoms with Crippen molar-refractivity contribution in [3.63, 3.8) is 0 Å². The third-order valence-corrected chi connectivity index (χ3v) is 9.89. The Morgan fingerprint density at radius 1 is 0.516 bits per heavy atom. The molecule has 0 aliphatic carbocycles. The number of hydrogen-bond acceptors (Lipinski definition) is 7. The van der Waals surface area contributed by atoms with Crippen LogP contribution in [-0.4, -0.2) is 38.7 Å². The fourth-order valence-corrected chi connectivity index (χ4v) is 7.00. The average Bonchev–Trinajstić information content (AvgIpc) is 3.35. The van der Waals surface area contributed by atoms with E-state index in [0.717, 1.165) is 17.5 Å². The monoisotopic (exact) mass is 852 g/mol. The second-order valence-electron chi connectivity index (χ2n) is 14.1. The van der Waals surface area contributed by atoms with Crippen molar-refractivity contribution < 1.29 is 43.4 Å². The van der Waals surface area contributed by atoms with Crippen molar-refractivity contribution in [1.82, 2.24) is 0 Å². The lowest BCUT2D eigenvalue weighted by atomic mass is 9.67. The predicted molar refractivity (Wildman–Crippen MR) is 247 cm³/mol. The van der Waals surface area contributed by atoms with E-state index >= 15 is 0 Å². The van der Waals surface area contributed by atoms with Gasteiger partial charge in [-0.3, -0.25) is 19.3 Å². The first-order chi connectivity index (χ1) is 31.3. The predicted octanol–water partition coefficient (Wildman–Crippen LogP) is 7.16. The maximum absolute atomic E-state index is 12.1. The third-order valence-electron chi connectivity index (χ3n) is 9.89. The molecule has 0 radical (unpaired) electrons. The van der Waals surface area contributed by atoms with Gasteiger partial charge in [-0.25, -0.2) is 0 Å². The van der Waals surface area contributed by atoms with Crippen LogP contribution in [0.4, 0.5) is 0 Å². The van der Waals surface area contributed by atoms with Crippen LogP contribution in [-0.2, 0) is 10.1 Å². The summed E-state index contributed by atoms with van der Waals surface area (Å²) < 4.78 is 7.73. The fourth-order valence-electron chi connectivity index (χ4n) is 7.00. The maximum atomic E-state index is 12.1. The van der Waals surface area contributed by atoms with Crippen molar-refractivity contribution in [2.75, 3.05) is 19.8 Å². The van der Waals surface area contributed by atoms with Gasteiger partial charge in [0.1, 0.15) is 0 Å². The molecule has 0 unspecified atom stereocenters. The number of ketones is 2. The molecule has 9 nitrogen and oxygen atoms in total. The molecule has 7 rings (SSSR count). The normalized spacial score (nSPS) is 10.9. The maximum Gasteiger partial charge on any atom is 0.304 e. The van der Waals surface area contributed by atoms with Gasteiger partial charge in [0.05, 0.1) is 7.32 Å². The molecule has 2 heterocycles. The number of hydrogen-bond donors (Lipinski definition) is 0. The first-order valence-electron chi connectivity index (χ1n) is 21.3. The highest BCUT2D eigenvalue weighted by atomic mass is 16.7. The van der Waals surface area contributed by atoms with Crippen LogP contribution in [0, 0.1) is 0 Å². The van der Waals surface area contributed by atoms with Gasteiger partial charge >= 0.3 is 11.4 Å². The van der Waals surface area contributed by atoms with Gasteiger partial charge in [0.2, 0.25) is 12.4 Å². The minimum absolute atomic E-state index is 0.0853. The lowest BCUT2D eigenvalue weighted by molar-refractivity contribution is -0.891. The number of aromatic nitrogens is 2. The summed E-state index contributed by atoms with van der Waals surface area (Å²) in [6.07, 6.45) is 11.5. The molecule has 0 aliphatic rings. The number of carbonyl (C=O) groups is 2. The minimum Gasteiger partial charge on any atom is -0.871 e. The fraction of sp³-hybridized carbons (Fsp3) is 0.148. The van der Waals surface area contributed by atoms with Gasteiger partial charge in [0.25, 0.3) is 11.6 Å². The lowest BCUT2D eigenvalue weighted by Crippen LogP contribution is -2.48. The molecule has 2 aromatic heterocycles. The summed E-state index contributed by atoms with van der Waals surface area (Å²) in [6, 6.07) is 61.3. The van der Waals surface area contributed by atoms with E-state index < -0.39 is 7.32 Å². The number of benzene rings is 5. The molecule has 7 aromatic rings. The van der Waals surface area contributed by atoms with Crippen molar-refractivity contribution >= 4 is 31.0 Å². The highest BCUT2D eigenvalue weighted by Crippen LogP contribution is 2.43. The molecule has 64 heavy (non-hydrogen) atoms. The molecule has 0 amide bonds. The molecule has 0 atom stereocenters. The minimum atomic E-state index is -2.23.